The van der Waals surface area contributed by atoms with Gasteiger partial charge in [0, 0.05) is 18.1 Å². The predicted octanol–water partition coefficient (Wildman–Crippen LogP) is 2.82. The highest BCUT2D eigenvalue weighted by Gasteiger charge is 2.36. The van der Waals surface area contributed by atoms with Crippen LogP contribution in [-0.2, 0) is 14.3 Å². The van der Waals surface area contributed by atoms with E-state index in [1.165, 1.54) is 24.3 Å². The number of nitrogens with zero attached hydrogens (tertiary/aromatic N) is 1. The number of ether oxygens (including phenoxy) is 3. The van der Waals surface area contributed by atoms with Crippen LogP contribution < -0.4 is 10.1 Å². The molecular formula is C18H24N2O7. The quantitative estimate of drug-likeness (QED) is 0.359. The summed E-state index contributed by atoms with van der Waals surface area (Å²) >= 11 is 0. The first-order chi connectivity index (χ1) is 12.7. The van der Waals surface area contributed by atoms with Crippen LogP contribution in [0.5, 0.6) is 5.75 Å². The van der Waals surface area contributed by atoms with Crippen LogP contribution in [0.3, 0.4) is 0 Å². The van der Waals surface area contributed by atoms with E-state index in [0.717, 1.165) is 0 Å². The Hall–Kier alpha value is -2.68. The van der Waals surface area contributed by atoms with E-state index in [1.807, 2.05) is 0 Å². The minimum atomic E-state index is -1.07. The molecule has 1 atom stereocenters. The molecule has 1 N–H and O–H groups in total. The van der Waals surface area contributed by atoms with Gasteiger partial charge in [-0.15, -0.1) is 0 Å². The molecule has 2 rings (SSSR count). The van der Waals surface area contributed by atoms with E-state index in [1.54, 1.807) is 20.8 Å². The van der Waals surface area contributed by atoms with Crippen molar-refractivity contribution in [3.8, 4) is 5.75 Å². The summed E-state index contributed by atoms with van der Waals surface area (Å²) in [6.07, 6.45) is -0.807. The second-order valence-corrected chi connectivity index (χ2v) is 7.26. The van der Waals surface area contributed by atoms with Gasteiger partial charge in [-0.1, -0.05) is 0 Å². The van der Waals surface area contributed by atoms with Crippen molar-refractivity contribution in [2.45, 2.75) is 45.3 Å². The third-order valence-electron chi connectivity index (χ3n) is 3.92. The molecule has 0 saturated carbocycles. The van der Waals surface area contributed by atoms with Crippen LogP contribution in [0, 0.1) is 16.0 Å². The second kappa shape index (κ2) is 8.81. The lowest BCUT2D eigenvalue weighted by molar-refractivity contribution is -0.384. The SMILES string of the molecule is CC(C)(C)OC(=O)C(OC(=O)Oc1ccc([N+](=O)[O-])cc1)C1CCNCC1. The van der Waals surface area contributed by atoms with Crippen molar-refractivity contribution in [2.75, 3.05) is 13.1 Å². The molecule has 1 saturated heterocycles. The molecule has 1 aromatic carbocycles. The van der Waals surface area contributed by atoms with Crippen molar-refractivity contribution in [1.82, 2.24) is 5.32 Å². The molecule has 0 spiro atoms. The van der Waals surface area contributed by atoms with Gasteiger partial charge in [0.1, 0.15) is 11.4 Å². The van der Waals surface area contributed by atoms with Crippen molar-refractivity contribution in [3.63, 3.8) is 0 Å². The maximum Gasteiger partial charge on any atom is 0.514 e. The van der Waals surface area contributed by atoms with E-state index >= 15 is 0 Å². The molecule has 1 aliphatic heterocycles. The maximum atomic E-state index is 12.5. The summed E-state index contributed by atoms with van der Waals surface area (Å²) in [6, 6.07) is 4.99. The number of benzene rings is 1. The van der Waals surface area contributed by atoms with E-state index in [9.17, 15) is 19.7 Å². The molecule has 0 radical (unpaired) electrons. The van der Waals surface area contributed by atoms with E-state index in [0.29, 0.717) is 25.9 Å². The van der Waals surface area contributed by atoms with Gasteiger partial charge in [-0.3, -0.25) is 10.1 Å². The van der Waals surface area contributed by atoms with Crippen molar-refractivity contribution in [1.29, 1.82) is 0 Å². The van der Waals surface area contributed by atoms with Gasteiger partial charge in [0.25, 0.3) is 5.69 Å². The van der Waals surface area contributed by atoms with Gasteiger partial charge in [0.05, 0.1) is 4.92 Å². The van der Waals surface area contributed by atoms with Crippen molar-refractivity contribution < 1.29 is 28.7 Å². The Morgan fingerprint density at radius 3 is 2.30 bits per heavy atom. The molecule has 9 nitrogen and oxygen atoms in total. The Kier molecular flexibility index (Phi) is 6.73. The molecule has 1 aromatic rings. The molecule has 0 bridgehead atoms. The zero-order chi connectivity index (χ0) is 20.0. The Morgan fingerprint density at radius 2 is 1.78 bits per heavy atom. The molecule has 1 unspecified atom stereocenters. The Bertz CT molecular complexity index is 676. The van der Waals surface area contributed by atoms with Gasteiger partial charge in [0.15, 0.2) is 0 Å². The van der Waals surface area contributed by atoms with Crippen LogP contribution in [0.25, 0.3) is 0 Å². The van der Waals surface area contributed by atoms with Crippen LogP contribution in [0.1, 0.15) is 33.6 Å². The molecule has 1 heterocycles. The highest BCUT2D eigenvalue weighted by atomic mass is 16.7. The van der Waals surface area contributed by atoms with E-state index in [4.69, 9.17) is 14.2 Å². The maximum absolute atomic E-state index is 12.5. The average Bonchev–Trinajstić information content (AvgIpc) is 2.59. The standard InChI is InChI=1S/C18H24N2O7/c1-18(2,3)27-16(21)15(12-8-10-19-11-9-12)26-17(22)25-14-6-4-13(5-7-14)20(23)24/h4-7,12,15,19H,8-11H2,1-3H3. The number of non-ortho nitro benzene ring substituents is 1. The van der Waals surface area contributed by atoms with Gasteiger partial charge >= 0.3 is 12.1 Å². The van der Waals surface area contributed by atoms with E-state index < -0.39 is 28.8 Å². The molecule has 1 aliphatic rings. The molecule has 0 amide bonds. The predicted molar refractivity (Wildman–Crippen MR) is 95.4 cm³/mol. The number of esters is 1. The lowest BCUT2D eigenvalue weighted by Crippen LogP contribution is -2.44. The first kappa shape index (κ1) is 20.6. The van der Waals surface area contributed by atoms with Gasteiger partial charge in [-0.25, -0.2) is 9.59 Å². The number of piperidine rings is 1. The lowest BCUT2D eigenvalue weighted by atomic mass is 9.92. The largest absolute Gasteiger partial charge is 0.514 e. The van der Waals surface area contributed by atoms with Gasteiger partial charge < -0.3 is 19.5 Å². The molecular weight excluding hydrogens is 356 g/mol. The molecule has 1 fully saturated rings. The summed E-state index contributed by atoms with van der Waals surface area (Å²) in [7, 11) is 0. The van der Waals surface area contributed by atoms with Gasteiger partial charge in [-0.05, 0) is 58.8 Å². The molecule has 27 heavy (non-hydrogen) atoms. The fourth-order valence-electron chi connectivity index (χ4n) is 2.70. The lowest BCUT2D eigenvalue weighted by Gasteiger charge is -2.30. The fourth-order valence-corrected chi connectivity index (χ4v) is 2.70. The number of carbonyl (C=O) groups excluding carboxylic acids is 2. The number of rotatable bonds is 5. The monoisotopic (exact) mass is 380 g/mol. The highest BCUT2D eigenvalue weighted by Crippen LogP contribution is 2.24. The summed E-state index contributed by atoms with van der Waals surface area (Å²) in [5.74, 6) is -0.709. The normalized spacial score (nSPS) is 16.3. The van der Waals surface area contributed by atoms with E-state index in [2.05, 4.69) is 5.32 Å². The second-order valence-electron chi connectivity index (χ2n) is 7.26. The number of carbonyl (C=O) groups is 2. The molecule has 9 heteroatoms. The fraction of sp³-hybridized carbons (Fsp3) is 0.556. The Morgan fingerprint density at radius 1 is 1.19 bits per heavy atom. The average molecular weight is 380 g/mol. The minimum Gasteiger partial charge on any atom is -0.457 e. The zero-order valence-electron chi connectivity index (χ0n) is 15.6. The summed E-state index contributed by atoms with van der Waals surface area (Å²) in [4.78, 5) is 34.8. The van der Waals surface area contributed by atoms with Gasteiger partial charge in [0.2, 0.25) is 6.10 Å². The van der Waals surface area contributed by atoms with Crippen LogP contribution in [0.4, 0.5) is 10.5 Å². The third kappa shape index (κ3) is 6.52. The first-order valence-electron chi connectivity index (χ1n) is 8.72. The molecule has 0 aromatic heterocycles. The van der Waals surface area contributed by atoms with Crippen molar-refractivity contribution in [3.05, 3.63) is 34.4 Å². The smallest absolute Gasteiger partial charge is 0.457 e. The number of nitro benzene ring substituents is 1. The zero-order valence-corrected chi connectivity index (χ0v) is 15.6. The van der Waals surface area contributed by atoms with Crippen LogP contribution >= 0.6 is 0 Å². The van der Waals surface area contributed by atoms with E-state index in [-0.39, 0.29) is 17.4 Å². The van der Waals surface area contributed by atoms with Crippen LogP contribution in [-0.4, -0.2) is 41.8 Å². The first-order valence-corrected chi connectivity index (χ1v) is 8.72. The number of nitrogens with one attached hydrogen (secondary N) is 1. The van der Waals surface area contributed by atoms with Crippen molar-refractivity contribution in [2.24, 2.45) is 5.92 Å². The van der Waals surface area contributed by atoms with Crippen LogP contribution in [0.2, 0.25) is 0 Å². The Balaban J connectivity index is 2.05. The minimum absolute atomic E-state index is 0.0823. The molecule has 0 aliphatic carbocycles. The summed E-state index contributed by atoms with van der Waals surface area (Å²) in [5, 5.41) is 13.8. The number of hydrogen-bond acceptors (Lipinski definition) is 8. The Labute approximate surface area is 157 Å². The number of nitro groups is 1. The topological polar surface area (TPSA) is 117 Å². The summed E-state index contributed by atoms with van der Waals surface area (Å²) < 4.78 is 15.7. The number of hydrogen-bond donors (Lipinski definition) is 1. The van der Waals surface area contributed by atoms with Gasteiger partial charge in [-0.2, -0.15) is 0 Å². The molecule has 148 valence electrons. The summed E-state index contributed by atoms with van der Waals surface area (Å²) in [6.45, 7) is 6.63. The highest BCUT2D eigenvalue weighted by molar-refractivity contribution is 5.78. The summed E-state index contributed by atoms with van der Waals surface area (Å²) in [5.41, 5.74) is -0.842. The van der Waals surface area contributed by atoms with Crippen molar-refractivity contribution >= 4 is 17.8 Å². The van der Waals surface area contributed by atoms with Crippen LogP contribution in [0.15, 0.2) is 24.3 Å². The third-order valence-corrected chi connectivity index (χ3v) is 3.92.